The number of rotatable bonds is 6. The van der Waals surface area contributed by atoms with E-state index in [-0.39, 0.29) is 42.2 Å². The van der Waals surface area contributed by atoms with Gasteiger partial charge in [0.05, 0.1) is 19.1 Å². The van der Waals surface area contributed by atoms with Gasteiger partial charge in [-0.1, -0.05) is 36.4 Å². The molecule has 0 saturated carbocycles. The number of piperidine rings is 1. The SMILES string of the molecule is CCOC(=O)CCNC(=O)N1CCC2(CC1)CN(c1cccc(F)c1)C2c1ccccc1. The van der Waals surface area contributed by atoms with Gasteiger partial charge in [0.15, 0.2) is 0 Å². The van der Waals surface area contributed by atoms with Crippen LogP contribution in [0.2, 0.25) is 0 Å². The Morgan fingerprint density at radius 2 is 1.88 bits per heavy atom. The molecule has 1 unspecified atom stereocenters. The van der Waals surface area contributed by atoms with Gasteiger partial charge in [0.25, 0.3) is 0 Å². The van der Waals surface area contributed by atoms with Gasteiger partial charge in [-0.05, 0) is 43.5 Å². The zero-order valence-electron chi connectivity index (χ0n) is 18.4. The lowest BCUT2D eigenvalue weighted by molar-refractivity contribution is -0.142. The zero-order chi connectivity index (χ0) is 22.6. The van der Waals surface area contributed by atoms with Crippen molar-refractivity contribution in [3.8, 4) is 0 Å². The number of likely N-dealkylation sites (tertiary alicyclic amines) is 1. The highest BCUT2D eigenvalue weighted by molar-refractivity contribution is 5.75. The number of nitrogens with one attached hydrogen (secondary N) is 1. The standard InChI is InChI=1S/C25H30FN3O3/c1-2-32-22(30)11-14-27-24(31)28-15-12-25(13-16-28)18-29(21-10-6-9-20(26)17-21)23(25)19-7-4-3-5-8-19/h3-10,17,23H,2,11-16,18H2,1H3,(H,27,31). The predicted molar refractivity (Wildman–Crippen MR) is 121 cm³/mol. The molecular weight excluding hydrogens is 409 g/mol. The molecule has 0 bridgehead atoms. The smallest absolute Gasteiger partial charge is 0.317 e. The van der Waals surface area contributed by atoms with Crippen LogP contribution in [0, 0.1) is 11.2 Å². The number of nitrogens with zero attached hydrogens (tertiary/aromatic N) is 2. The fourth-order valence-electron chi connectivity index (χ4n) is 5.00. The topological polar surface area (TPSA) is 61.9 Å². The van der Waals surface area contributed by atoms with Crippen molar-refractivity contribution in [2.24, 2.45) is 5.41 Å². The molecule has 2 heterocycles. The van der Waals surface area contributed by atoms with Crippen LogP contribution in [0.5, 0.6) is 0 Å². The van der Waals surface area contributed by atoms with Crippen molar-refractivity contribution < 1.29 is 18.7 Å². The molecule has 0 aliphatic carbocycles. The Balaban J connectivity index is 1.40. The number of benzene rings is 2. The maximum absolute atomic E-state index is 13.9. The summed E-state index contributed by atoms with van der Waals surface area (Å²) in [6.45, 7) is 4.54. The van der Waals surface area contributed by atoms with Gasteiger partial charge in [-0.25, -0.2) is 9.18 Å². The Kier molecular flexibility index (Phi) is 6.63. The number of halogens is 1. The van der Waals surface area contributed by atoms with Crippen LogP contribution in [0.4, 0.5) is 14.9 Å². The quantitative estimate of drug-likeness (QED) is 0.688. The fourth-order valence-corrected chi connectivity index (χ4v) is 5.00. The van der Waals surface area contributed by atoms with Crippen LogP contribution < -0.4 is 10.2 Å². The van der Waals surface area contributed by atoms with Crippen LogP contribution in [0.3, 0.4) is 0 Å². The highest BCUT2D eigenvalue weighted by Crippen LogP contribution is 2.56. The van der Waals surface area contributed by atoms with Gasteiger partial charge in [0.2, 0.25) is 0 Å². The molecule has 1 spiro atoms. The van der Waals surface area contributed by atoms with Crippen molar-refractivity contribution in [1.82, 2.24) is 10.2 Å². The molecule has 32 heavy (non-hydrogen) atoms. The average Bonchev–Trinajstić information content (AvgIpc) is 2.78. The first-order chi connectivity index (χ1) is 15.5. The number of ether oxygens (including phenoxy) is 1. The summed E-state index contributed by atoms with van der Waals surface area (Å²) in [4.78, 5) is 28.1. The Hall–Kier alpha value is -3.09. The number of amides is 2. The second kappa shape index (κ2) is 9.59. The van der Waals surface area contributed by atoms with Crippen LogP contribution in [-0.4, -0.2) is 49.7 Å². The summed E-state index contributed by atoms with van der Waals surface area (Å²) < 4.78 is 18.8. The Labute approximate surface area is 188 Å². The summed E-state index contributed by atoms with van der Waals surface area (Å²) in [6, 6.07) is 17.1. The number of urea groups is 1. The lowest BCUT2D eigenvalue weighted by Gasteiger charge is -2.61. The van der Waals surface area contributed by atoms with Gasteiger partial charge in [0, 0.05) is 37.3 Å². The first-order valence-corrected chi connectivity index (χ1v) is 11.3. The maximum atomic E-state index is 13.9. The molecule has 7 heteroatoms. The first-order valence-electron chi connectivity index (χ1n) is 11.3. The normalized spacial score (nSPS) is 19.4. The highest BCUT2D eigenvalue weighted by Gasteiger charge is 2.54. The number of anilines is 1. The third-order valence-corrected chi connectivity index (χ3v) is 6.59. The lowest BCUT2D eigenvalue weighted by atomic mass is 9.63. The number of carbonyl (C=O) groups excluding carboxylic acids is 2. The van der Waals surface area contributed by atoms with Gasteiger partial charge < -0.3 is 19.9 Å². The Morgan fingerprint density at radius 1 is 1.12 bits per heavy atom. The van der Waals surface area contributed by atoms with Crippen LogP contribution in [0.1, 0.15) is 37.8 Å². The number of carbonyl (C=O) groups is 2. The van der Waals surface area contributed by atoms with Gasteiger partial charge >= 0.3 is 12.0 Å². The van der Waals surface area contributed by atoms with Crippen LogP contribution in [-0.2, 0) is 9.53 Å². The van der Waals surface area contributed by atoms with Gasteiger partial charge in [0.1, 0.15) is 5.82 Å². The zero-order valence-corrected chi connectivity index (χ0v) is 18.4. The molecule has 2 aliphatic rings. The van der Waals surface area contributed by atoms with Gasteiger partial charge in [-0.15, -0.1) is 0 Å². The third-order valence-electron chi connectivity index (χ3n) is 6.59. The first kappa shape index (κ1) is 22.1. The molecule has 6 nitrogen and oxygen atoms in total. The van der Waals surface area contributed by atoms with Crippen molar-refractivity contribution in [2.45, 2.75) is 32.2 Å². The molecule has 0 aromatic heterocycles. The molecule has 1 atom stereocenters. The molecule has 0 radical (unpaired) electrons. The summed E-state index contributed by atoms with van der Waals surface area (Å²) >= 11 is 0. The summed E-state index contributed by atoms with van der Waals surface area (Å²) in [7, 11) is 0. The van der Waals surface area contributed by atoms with Crippen LogP contribution in [0.25, 0.3) is 0 Å². The summed E-state index contributed by atoms with van der Waals surface area (Å²) in [5.41, 5.74) is 2.16. The molecule has 2 aromatic carbocycles. The predicted octanol–water partition coefficient (Wildman–Crippen LogP) is 4.13. The molecule has 2 amide bonds. The average molecular weight is 440 g/mol. The second-order valence-electron chi connectivity index (χ2n) is 8.56. The molecule has 2 saturated heterocycles. The molecule has 2 aliphatic heterocycles. The van der Waals surface area contributed by atoms with Crippen molar-refractivity contribution in [3.05, 3.63) is 66.0 Å². The number of esters is 1. The van der Waals surface area contributed by atoms with E-state index in [1.165, 1.54) is 11.6 Å². The number of hydrogen-bond donors (Lipinski definition) is 1. The number of hydrogen-bond acceptors (Lipinski definition) is 4. The van der Waals surface area contributed by atoms with Crippen molar-refractivity contribution >= 4 is 17.7 Å². The summed E-state index contributed by atoms with van der Waals surface area (Å²) in [6.07, 6.45) is 1.93. The van der Waals surface area contributed by atoms with E-state index >= 15 is 0 Å². The van der Waals surface area contributed by atoms with E-state index in [9.17, 15) is 14.0 Å². The molecular formula is C25H30FN3O3. The van der Waals surface area contributed by atoms with Gasteiger partial charge in [-0.3, -0.25) is 4.79 Å². The minimum absolute atomic E-state index is 0.0510. The molecule has 2 aromatic rings. The van der Waals surface area contributed by atoms with Crippen LogP contribution in [0.15, 0.2) is 54.6 Å². The maximum Gasteiger partial charge on any atom is 0.317 e. The van der Waals surface area contributed by atoms with E-state index in [0.29, 0.717) is 19.7 Å². The van der Waals surface area contributed by atoms with E-state index in [0.717, 1.165) is 25.1 Å². The Morgan fingerprint density at radius 3 is 2.56 bits per heavy atom. The van der Waals surface area contributed by atoms with E-state index in [1.54, 1.807) is 19.1 Å². The van der Waals surface area contributed by atoms with E-state index in [2.05, 4.69) is 22.3 Å². The monoisotopic (exact) mass is 439 g/mol. The van der Waals surface area contributed by atoms with Crippen molar-refractivity contribution in [1.29, 1.82) is 0 Å². The third kappa shape index (κ3) is 4.56. The summed E-state index contributed by atoms with van der Waals surface area (Å²) in [5, 5.41) is 2.82. The van der Waals surface area contributed by atoms with Gasteiger partial charge in [-0.2, -0.15) is 0 Å². The largest absolute Gasteiger partial charge is 0.466 e. The fraction of sp³-hybridized carbons (Fsp3) is 0.440. The minimum Gasteiger partial charge on any atom is -0.466 e. The summed E-state index contributed by atoms with van der Waals surface area (Å²) in [5.74, 6) is -0.535. The van der Waals surface area contributed by atoms with E-state index in [4.69, 9.17) is 4.74 Å². The molecule has 170 valence electrons. The second-order valence-corrected chi connectivity index (χ2v) is 8.56. The minimum atomic E-state index is -0.303. The molecule has 4 rings (SSSR count). The van der Waals surface area contributed by atoms with E-state index in [1.807, 2.05) is 29.2 Å². The lowest BCUT2D eigenvalue weighted by Crippen LogP contribution is -2.63. The Bertz CT molecular complexity index is 944. The van der Waals surface area contributed by atoms with Crippen molar-refractivity contribution in [2.75, 3.05) is 37.7 Å². The highest BCUT2D eigenvalue weighted by atomic mass is 19.1. The van der Waals surface area contributed by atoms with Crippen molar-refractivity contribution in [3.63, 3.8) is 0 Å². The molecule has 1 N–H and O–H groups in total. The van der Waals surface area contributed by atoms with Crippen LogP contribution >= 0.6 is 0 Å². The van der Waals surface area contributed by atoms with E-state index < -0.39 is 0 Å². The molecule has 2 fully saturated rings.